The van der Waals surface area contributed by atoms with Crippen LogP contribution in [0.3, 0.4) is 0 Å². The third-order valence-corrected chi connectivity index (χ3v) is 7.08. The quantitative estimate of drug-likeness (QED) is 0.227. The van der Waals surface area contributed by atoms with Crippen LogP contribution in [0.4, 0.5) is 4.39 Å². The monoisotopic (exact) mass is 478 g/mol. The zero-order chi connectivity index (χ0) is 22.9. The van der Waals surface area contributed by atoms with Gasteiger partial charge in [-0.3, -0.25) is 9.36 Å². The molecule has 9 heteroatoms. The van der Waals surface area contributed by atoms with Gasteiger partial charge in [-0.2, -0.15) is 0 Å². The fourth-order valence-corrected chi connectivity index (χ4v) is 5.56. The zero-order valence-corrected chi connectivity index (χ0v) is 19.5. The Balaban J connectivity index is 1.68. The molecule has 0 N–H and O–H groups in total. The van der Waals surface area contributed by atoms with E-state index in [0.717, 1.165) is 16.0 Å². The van der Waals surface area contributed by atoms with Gasteiger partial charge >= 0.3 is 0 Å². The summed E-state index contributed by atoms with van der Waals surface area (Å²) in [7, 11) is 0. The summed E-state index contributed by atoms with van der Waals surface area (Å²) in [6.45, 7) is 3.90. The highest BCUT2D eigenvalue weighted by Gasteiger charge is 2.21. The van der Waals surface area contributed by atoms with Crippen molar-refractivity contribution in [3.05, 3.63) is 87.4 Å². The number of benzene rings is 2. The van der Waals surface area contributed by atoms with E-state index in [4.69, 9.17) is 9.40 Å². The van der Waals surface area contributed by atoms with Gasteiger partial charge in [-0.1, -0.05) is 49.0 Å². The number of hydrogen-bond donors (Lipinski definition) is 0. The van der Waals surface area contributed by atoms with Crippen molar-refractivity contribution in [2.24, 2.45) is 0 Å². The summed E-state index contributed by atoms with van der Waals surface area (Å²) < 4.78 is 20.8. The lowest BCUT2D eigenvalue weighted by Gasteiger charge is -2.12. The predicted octanol–water partition coefficient (Wildman–Crippen LogP) is 5.80. The van der Waals surface area contributed by atoms with Crippen molar-refractivity contribution in [3.8, 4) is 16.8 Å². The molecule has 2 aromatic carbocycles. The van der Waals surface area contributed by atoms with Crippen molar-refractivity contribution in [2.75, 3.05) is 0 Å². The van der Waals surface area contributed by atoms with E-state index >= 15 is 0 Å². The minimum Gasteiger partial charge on any atom is -0.424 e. The van der Waals surface area contributed by atoms with Crippen LogP contribution in [-0.4, -0.2) is 19.7 Å². The molecule has 0 atom stereocenters. The van der Waals surface area contributed by atoms with Gasteiger partial charge in [0.1, 0.15) is 10.6 Å². The Hall–Kier alpha value is -3.30. The van der Waals surface area contributed by atoms with Gasteiger partial charge in [-0.15, -0.1) is 21.5 Å². The average Bonchev–Trinajstić information content (AvgIpc) is 3.42. The Kier molecular flexibility index (Phi) is 5.82. The first-order valence-electron chi connectivity index (χ1n) is 10.4. The molecule has 0 aliphatic rings. The maximum atomic E-state index is 13.9. The third kappa shape index (κ3) is 4.09. The summed E-state index contributed by atoms with van der Waals surface area (Å²) in [5.41, 5.74) is 2.13. The van der Waals surface area contributed by atoms with Crippen molar-refractivity contribution in [2.45, 2.75) is 31.2 Å². The molecule has 5 aromatic rings. The maximum Gasteiger partial charge on any atom is 0.268 e. The number of nitrogens with zero attached hydrogens (tertiary/aromatic N) is 4. The molecule has 0 aliphatic heterocycles. The van der Waals surface area contributed by atoms with E-state index in [9.17, 15) is 9.18 Å². The first kappa shape index (κ1) is 21.5. The maximum absolute atomic E-state index is 13.9. The minimum atomic E-state index is -0.318. The summed E-state index contributed by atoms with van der Waals surface area (Å²) in [5, 5.41) is 9.15. The second-order valence-corrected chi connectivity index (χ2v) is 9.47. The molecule has 3 heterocycles. The molecule has 0 radical (unpaired) electrons. The Morgan fingerprint density at radius 2 is 1.79 bits per heavy atom. The Labute approximate surface area is 197 Å². The largest absolute Gasteiger partial charge is 0.424 e. The second-order valence-electron chi connectivity index (χ2n) is 7.32. The van der Waals surface area contributed by atoms with Crippen molar-refractivity contribution < 1.29 is 8.81 Å². The van der Waals surface area contributed by atoms with E-state index in [-0.39, 0.29) is 11.4 Å². The molecule has 5 rings (SSSR count). The standard InChI is InChI=1S/C24H19FN4O2S2/c1-3-18-27-28-19(31-18)13-32-24-26-22-21(23(30)29(24)17-7-5-4-6-8-17)20(14(2)33-22)15-9-11-16(25)12-10-15/h4-12H,3,13H2,1-2H3. The van der Waals surface area contributed by atoms with Gasteiger partial charge in [-0.25, -0.2) is 9.37 Å². The number of thioether (sulfide) groups is 1. The molecule has 0 aliphatic carbocycles. The van der Waals surface area contributed by atoms with Crippen molar-refractivity contribution >= 4 is 33.3 Å². The van der Waals surface area contributed by atoms with E-state index in [0.29, 0.717) is 45.0 Å². The van der Waals surface area contributed by atoms with Crippen molar-refractivity contribution in [1.29, 1.82) is 0 Å². The van der Waals surface area contributed by atoms with Crippen LogP contribution in [0.2, 0.25) is 0 Å². The second kappa shape index (κ2) is 8.92. The highest BCUT2D eigenvalue weighted by Crippen LogP contribution is 2.37. The first-order valence-corrected chi connectivity index (χ1v) is 12.2. The lowest BCUT2D eigenvalue weighted by Crippen LogP contribution is -2.21. The molecule has 0 bridgehead atoms. The van der Waals surface area contributed by atoms with Crippen molar-refractivity contribution in [3.63, 3.8) is 0 Å². The topological polar surface area (TPSA) is 73.8 Å². The van der Waals surface area contributed by atoms with E-state index < -0.39 is 0 Å². The predicted molar refractivity (Wildman–Crippen MR) is 129 cm³/mol. The number of rotatable bonds is 6. The highest BCUT2D eigenvalue weighted by atomic mass is 32.2. The molecule has 3 aromatic heterocycles. The number of aromatic nitrogens is 4. The fourth-order valence-electron chi connectivity index (χ4n) is 3.62. The number of hydrogen-bond acceptors (Lipinski definition) is 7. The van der Waals surface area contributed by atoms with Crippen LogP contribution in [-0.2, 0) is 12.2 Å². The van der Waals surface area contributed by atoms with Gasteiger partial charge in [0.05, 0.1) is 16.8 Å². The van der Waals surface area contributed by atoms with Crippen LogP contribution in [0.1, 0.15) is 23.6 Å². The number of halogens is 1. The van der Waals surface area contributed by atoms with Crippen LogP contribution in [0.15, 0.2) is 69.0 Å². The Morgan fingerprint density at radius 3 is 2.48 bits per heavy atom. The summed E-state index contributed by atoms with van der Waals surface area (Å²) >= 11 is 2.83. The van der Waals surface area contributed by atoms with Gasteiger partial charge < -0.3 is 4.42 Å². The Morgan fingerprint density at radius 1 is 1.06 bits per heavy atom. The van der Waals surface area contributed by atoms with Crippen LogP contribution in [0.5, 0.6) is 0 Å². The highest BCUT2D eigenvalue weighted by molar-refractivity contribution is 7.98. The van der Waals surface area contributed by atoms with Gasteiger partial charge in [0.2, 0.25) is 11.8 Å². The summed E-state index contributed by atoms with van der Waals surface area (Å²) in [4.78, 5) is 20.3. The van der Waals surface area contributed by atoms with Crippen LogP contribution in [0.25, 0.3) is 27.0 Å². The summed E-state index contributed by atoms with van der Waals surface area (Å²) in [6.07, 6.45) is 0.664. The van der Waals surface area contributed by atoms with E-state index in [2.05, 4.69) is 10.2 Å². The number of thiophene rings is 1. The smallest absolute Gasteiger partial charge is 0.268 e. The Bertz CT molecular complexity index is 1490. The molecule has 6 nitrogen and oxygen atoms in total. The van der Waals surface area contributed by atoms with E-state index in [1.165, 1.54) is 35.2 Å². The molecule has 0 spiro atoms. The molecular weight excluding hydrogens is 459 g/mol. The molecule has 33 heavy (non-hydrogen) atoms. The number of para-hydroxylation sites is 1. The van der Waals surface area contributed by atoms with Gasteiger partial charge in [0.25, 0.3) is 5.56 Å². The molecule has 0 saturated heterocycles. The average molecular weight is 479 g/mol. The van der Waals surface area contributed by atoms with Crippen LogP contribution >= 0.6 is 23.1 Å². The number of aryl methyl sites for hydroxylation is 2. The van der Waals surface area contributed by atoms with E-state index in [1.54, 1.807) is 16.7 Å². The summed E-state index contributed by atoms with van der Waals surface area (Å²) in [6, 6.07) is 15.6. The molecule has 0 fully saturated rings. The first-order chi connectivity index (χ1) is 16.0. The van der Waals surface area contributed by atoms with E-state index in [1.807, 2.05) is 44.2 Å². The van der Waals surface area contributed by atoms with Crippen LogP contribution < -0.4 is 5.56 Å². The molecular formula is C24H19FN4O2S2. The van der Waals surface area contributed by atoms with Gasteiger partial charge in [-0.05, 0) is 36.8 Å². The number of fused-ring (bicyclic) bond motifs is 1. The van der Waals surface area contributed by atoms with Gasteiger partial charge in [0.15, 0.2) is 5.16 Å². The van der Waals surface area contributed by atoms with Gasteiger partial charge in [0, 0.05) is 16.9 Å². The van der Waals surface area contributed by atoms with Crippen molar-refractivity contribution in [1.82, 2.24) is 19.7 Å². The normalized spacial score (nSPS) is 11.4. The fraction of sp³-hybridized carbons (Fsp3) is 0.167. The molecule has 166 valence electrons. The van der Waals surface area contributed by atoms with Crippen LogP contribution in [0, 0.1) is 12.7 Å². The lowest BCUT2D eigenvalue weighted by molar-refractivity contribution is 0.469. The third-order valence-electron chi connectivity index (χ3n) is 5.15. The SMILES string of the molecule is CCc1nnc(CSc2nc3sc(C)c(-c4ccc(F)cc4)c3c(=O)n2-c2ccccc2)o1. The molecule has 0 unspecified atom stereocenters. The lowest BCUT2D eigenvalue weighted by atomic mass is 10.0. The molecule has 0 amide bonds. The summed E-state index contributed by atoms with van der Waals surface area (Å²) in [5.74, 6) is 1.14. The zero-order valence-electron chi connectivity index (χ0n) is 17.9. The minimum absolute atomic E-state index is 0.169. The molecule has 0 saturated carbocycles.